The van der Waals surface area contributed by atoms with Gasteiger partial charge in [-0.1, -0.05) is 70.2 Å². The Balaban J connectivity index is 2.25. The maximum absolute atomic E-state index is 13.1. The minimum atomic E-state index is -5.65. The Morgan fingerprint density at radius 1 is 1.19 bits per heavy atom. The van der Waals surface area contributed by atoms with Crippen molar-refractivity contribution in [3.63, 3.8) is 0 Å². The van der Waals surface area contributed by atoms with Crippen LogP contribution in [0.5, 0.6) is 0 Å². The van der Waals surface area contributed by atoms with Gasteiger partial charge in [-0.2, -0.15) is 26.7 Å². The summed E-state index contributed by atoms with van der Waals surface area (Å²) in [7, 11) is -5.65. The van der Waals surface area contributed by atoms with Gasteiger partial charge >= 0.3 is 15.5 Å². The van der Waals surface area contributed by atoms with Crippen LogP contribution in [-0.4, -0.2) is 32.2 Å². The number of hydrazone groups is 1. The Labute approximate surface area is 215 Å². The second-order valence-corrected chi connectivity index (χ2v) is 11.1. The molecule has 0 bridgehead atoms. The molecule has 0 saturated carbocycles. The third-order valence-electron chi connectivity index (χ3n) is 5.78. The number of hydrogen-bond acceptors (Lipinski definition) is 7. The number of nitrogens with two attached hydrogens (primary N) is 1. The first-order chi connectivity index (χ1) is 17.1. The Morgan fingerprint density at radius 3 is 2.47 bits per heavy atom. The van der Waals surface area contributed by atoms with Crippen molar-refractivity contribution < 1.29 is 21.6 Å². The largest absolute Gasteiger partial charge is 0.516 e. The summed E-state index contributed by atoms with van der Waals surface area (Å²) < 4.78 is 64.7. The van der Waals surface area contributed by atoms with Crippen LogP contribution in [0, 0.1) is 0 Å². The van der Waals surface area contributed by atoms with Gasteiger partial charge in [-0.3, -0.25) is 4.72 Å². The molecule has 0 fully saturated rings. The highest BCUT2D eigenvalue weighted by Crippen LogP contribution is 2.39. The third-order valence-corrected chi connectivity index (χ3v) is 7.45. The Kier molecular flexibility index (Phi) is 12.0. The molecule has 0 amide bonds. The zero-order valence-corrected chi connectivity index (χ0v) is 22.2. The molecule has 1 aliphatic rings. The molecule has 2 rings (SSSR count). The molecule has 1 aromatic rings. The van der Waals surface area contributed by atoms with E-state index in [0.717, 1.165) is 56.1 Å². The predicted octanol–water partition coefficient (Wildman–Crippen LogP) is 7.03. The number of alkyl halides is 3. The SMILES string of the molecule is C=CSC(=N\N)/N=N/c1cc2c(cc1NS(=O)(=O)C(F)(F)F)N(CCCCCCCCCC)CCC2. The van der Waals surface area contributed by atoms with Crippen molar-refractivity contribution >= 4 is 44.0 Å². The molecular formula is C23H35F3N6O2S2. The lowest BCUT2D eigenvalue weighted by Gasteiger charge is -2.32. The molecule has 202 valence electrons. The van der Waals surface area contributed by atoms with E-state index in [9.17, 15) is 21.6 Å². The van der Waals surface area contributed by atoms with Crippen LogP contribution < -0.4 is 15.5 Å². The standard InChI is InChI=1S/C23H35F3N6O2S2/c1-3-5-6-7-8-9-10-11-14-32-15-12-13-18-16-19(29-30-22(28-27)35-4-2)20(17-21(18)32)31-36(33,34)23(24,25)26/h4,16-17,31H,2-3,5-15,27H2,1H3/b28-22-,30-29+. The number of unbranched alkanes of at least 4 members (excludes halogenated alkanes) is 7. The fourth-order valence-corrected chi connectivity index (χ4v) is 4.85. The number of fused-ring (bicyclic) bond motifs is 1. The minimum absolute atomic E-state index is 0.0173. The lowest BCUT2D eigenvalue weighted by molar-refractivity contribution is -0.0429. The number of halogens is 3. The van der Waals surface area contributed by atoms with Crippen LogP contribution in [0.15, 0.2) is 39.4 Å². The number of nitrogens with one attached hydrogen (secondary N) is 1. The van der Waals surface area contributed by atoms with Crippen LogP contribution in [0.4, 0.5) is 30.2 Å². The molecule has 1 aliphatic heterocycles. The van der Waals surface area contributed by atoms with Crippen molar-refractivity contribution in [3.05, 3.63) is 29.7 Å². The number of azo groups is 1. The molecule has 36 heavy (non-hydrogen) atoms. The zero-order valence-electron chi connectivity index (χ0n) is 20.6. The number of nitrogens with zero attached hydrogens (tertiary/aromatic N) is 4. The average Bonchev–Trinajstić information content (AvgIpc) is 2.82. The number of rotatable bonds is 13. The van der Waals surface area contributed by atoms with Gasteiger partial charge in [-0.15, -0.1) is 10.2 Å². The van der Waals surface area contributed by atoms with Gasteiger partial charge in [0.05, 0.1) is 5.69 Å². The maximum atomic E-state index is 13.1. The minimum Gasteiger partial charge on any atom is -0.371 e. The average molecular weight is 549 g/mol. The lowest BCUT2D eigenvalue weighted by Crippen LogP contribution is -2.32. The molecule has 1 aromatic carbocycles. The topological polar surface area (TPSA) is 113 Å². The van der Waals surface area contributed by atoms with Crippen molar-refractivity contribution in [2.45, 2.75) is 76.6 Å². The van der Waals surface area contributed by atoms with Gasteiger partial charge < -0.3 is 10.7 Å². The summed E-state index contributed by atoms with van der Waals surface area (Å²) in [6, 6.07) is 2.98. The molecular weight excluding hydrogens is 513 g/mol. The summed E-state index contributed by atoms with van der Waals surface area (Å²) in [4.78, 5) is 2.10. The van der Waals surface area contributed by atoms with Crippen molar-refractivity contribution in [2.24, 2.45) is 21.2 Å². The van der Waals surface area contributed by atoms with Crippen LogP contribution >= 0.6 is 11.8 Å². The first kappa shape index (κ1) is 29.9. The quantitative estimate of drug-likeness (QED) is 0.0686. The van der Waals surface area contributed by atoms with Gasteiger partial charge in [0.1, 0.15) is 5.69 Å². The number of amidine groups is 1. The van der Waals surface area contributed by atoms with Crippen LogP contribution in [0.25, 0.3) is 0 Å². The van der Waals surface area contributed by atoms with E-state index in [0.29, 0.717) is 12.1 Å². The third kappa shape index (κ3) is 8.99. The summed E-state index contributed by atoms with van der Waals surface area (Å²) in [5.41, 5.74) is -4.26. The van der Waals surface area contributed by atoms with Gasteiger partial charge in [-0.05, 0) is 42.4 Å². The normalized spacial score (nSPS) is 14.8. The monoisotopic (exact) mass is 548 g/mol. The molecule has 0 saturated heterocycles. The molecule has 13 heteroatoms. The van der Waals surface area contributed by atoms with Crippen LogP contribution in [0.2, 0.25) is 0 Å². The van der Waals surface area contributed by atoms with E-state index in [2.05, 4.69) is 33.7 Å². The maximum Gasteiger partial charge on any atom is 0.516 e. The Morgan fingerprint density at radius 2 is 1.86 bits per heavy atom. The van der Waals surface area contributed by atoms with Gasteiger partial charge in [0.25, 0.3) is 0 Å². The highest BCUT2D eigenvalue weighted by molar-refractivity contribution is 8.16. The smallest absolute Gasteiger partial charge is 0.371 e. The number of benzene rings is 1. The van der Waals surface area contributed by atoms with E-state index in [-0.39, 0.29) is 16.5 Å². The number of thioether (sulfide) groups is 1. The molecule has 3 N–H and O–H groups in total. The second kappa shape index (κ2) is 14.5. The van der Waals surface area contributed by atoms with E-state index in [1.54, 1.807) is 10.8 Å². The first-order valence-corrected chi connectivity index (χ1v) is 14.5. The van der Waals surface area contributed by atoms with E-state index >= 15 is 0 Å². The molecule has 0 unspecified atom stereocenters. The molecule has 8 nitrogen and oxygen atoms in total. The molecule has 0 aromatic heterocycles. The number of anilines is 2. The molecule has 0 spiro atoms. The Hall–Kier alpha value is -2.28. The molecule has 1 heterocycles. The van der Waals surface area contributed by atoms with Crippen molar-refractivity contribution in [2.75, 3.05) is 22.7 Å². The number of aryl methyl sites for hydroxylation is 1. The van der Waals surface area contributed by atoms with Crippen LogP contribution in [0.3, 0.4) is 0 Å². The van der Waals surface area contributed by atoms with Gasteiger partial charge in [0.15, 0.2) is 0 Å². The van der Waals surface area contributed by atoms with Crippen molar-refractivity contribution in [1.29, 1.82) is 0 Å². The fraction of sp³-hybridized carbons (Fsp3) is 0.609. The first-order valence-electron chi connectivity index (χ1n) is 12.1. The van der Waals surface area contributed by atoms with Crippen LogP contribution in [-0.2, 0) is 16.4 Å². The van der Waals surface area contributed by atoms with E-state index < -0.39 is 15.5 Å². The summed E-state index contributed by atoms with van der Waals surface area (Å²) in [6.45, 7) is 7.20. The predicted molar refractivity (Wildman–Crippen MR) is 142 cm³/mol. The lowest BCUT2D eigenvalue weighted by atomic mass is 9.99. The summed E-state index contributed by atoms with van der Waals surface area (Å²) >= 11 is 0.968. The van der Waals surface area contributed by atoms with Gasteiger partial charge in [0.2, 0.25) is 5.17 Å². The fourth-order valence-electron chi connectivity index (χ4n) is 3.98. The zero-order chi connectivity index (χ0) is 26.6. The van der Waals surface area contributed by atoms with Gasteiger partial charge in [0, 0.05) is 18.8 Å². The Bertz CT molecular complexity index is 1030. The number of hydrogen-bond donors (Lipinski definition) is 2. The highest BCUT2D eigenvalue weighted by Gasteiger charge is 2.46. The van der Waals surface area contributed by atoms with Crippen molar-refractivity contribution in [1.82, 2.24) is 0 Å². The van der Waals surface area contributed by atoms with Gasteiger partial charge in [-0.25, -0.2) is 0 Å². The highest BCUT2D eigenvalue weighted by atomic mass is 32.2. The number of sulfonamides is 1. The van der Waals surface area contributed by atoms with E-state index in [4.69, 9.17) is 5.84 Å². The van der Waals surface area contributed by atoms with Crippen molar-refractivity contribution in [3.8, 4) is 0 Å². The summed E-state index contributed by atoms with van der Waals surface area (Å²) in [5, 5.41) is 12.6. The summed E-state index contributed by atoms with van der Waals surface area (Å²) in [5.74, 6) is 5.25. The van der Waals surface area contributed by atoms with E-state index in [1.165, 1.54) is 43.6 Å². The molecule has 0 atom stereocenters. The molecule has 0 radical (unpaired) electrons. The second-order valence-electron chi connectivity index (χ2n) is 8.51. The van der Waals surface area contributed by atoms with E-state index in [1.807, 2.05) is 0 Å². The molecule has 0 aliphatic carbocycles. The summed E-state index contributed by atoms with van der Waals surface area (Å²) in [6.07, 6.45) is 10.9. The van der Waals surface area contributed by atoms with Crippen LogP contribution in [0.1, 0.15) is 70.3 Å².